The van der Waals surface area contributed by atoms with Gasteiger partial charge in [-0.25, -0.2) is 4.98 Å². The zero-order valence-electron chi connectivity index (χ0n) is 17.5. The van der Waals surface area contributed by atoms with Crippen molar-refractivity contribution in [1.82, 2.24) is 4.98 Å². The number of fused-ring (bicyclic) bond motifs is 3. The molecule has 3 aromatic carbocycles. The maximum absolute atomic E-state index is 13.5. The SMILES string of the molecule is COc1ccccc1-c1ccc(C(=O)N2CCc3nc(C)oc3-c3ccccc32)cc1. The lowest BCUT2D eigenvalue weighted by Crippen LogP contribution is -2.32. The number of rotatable bonds is 3. The highest BCUT2D eigenvalue weighted by atomic mass is 16.5. The molecule has 0 bridgehead atoms. The van der Waals surface area contributed by atoms with E-state index in [9.17, 15) is 4.79 Å². The zero-order valence-corrected chi connectivity index (χ0v) is 17.5. The van der Waals surface area contributed by atoms with Crippen LogP contribution in [0, 0.1) is 6.92 Å². The molecule has 0 saturated heterocycles. The van der Waals surface area contributed by atoms with Gasteiger partial charge in [-0.3, -0.25) is 4.79 Å². The molecular formula is C26H22N2O3. The van der Waals surface area contributed by atoms with Gasteiger partial charge < -0.3 is 14.1 Å². The third kappa shape index (κ3) is 3.38. The van der Waals surface area contributed by atoms with E-state index in [1.165, 1.54) is 0 Å². The number of aryl methyl sites for hydroxylation is 1. The first-order chi connectivity index (χ1) is 15.2. The van der Waals surface area contributed by atoms with Crippen molar-refractivity contribution in [3.8, 4) is 28.2 Å². The monoisotopic (exact) mass is 410 g/mol. The highest BCUT2D eigenvalue weighted by Gasteiger charge is 2.28. The van der Waals surface area contributed by atoms with E-state index in [1.807, 2.05) is 84.6 Å². The molecule has 0 fully saturated rings. The summed E-state index contributed by atoms with van der Waals surface area (Å²) in [5.74, 6) is 2.17. The van der Waals surface area contributed by atoms with Crippen molar-refractivity contribution in [3.63, 3.8) is 0 Å². The Morgan fingerprint density at radius 1 is 0.968 bits per heavy atom. The summed E-state index contributed by atoms with van der Waals surface area (Å²) in [6.45, 7) is 2.40. The van der Waals surface area contributed by atoms with Gasteiger partial charge in [-0.2, -0.15) is 0 Å². The van der Waals surface area contributed by atoms with Crippen molar-refractivity contribution in [2.24, 2.45) is 0 Å². The summed E-state index contributed by atoms with van der Waals surface area (Å²) >= 11 is 0. The third-order valence-corrected chi connectivity index (χ3v) is 5.61. The maximum Gasteiger partial charge on any atom is 0.258 e. The molecule has 0 unspecified atom stereocenters. The lowest BCUT2D eigenvalue weighted by Gasteiger charge is -2.23. The lowest BCUT2D eigenvalue weighted by molar-refractivity contribution is 0.0987. The molecule has 5 heteroatoms. The molecule has 1 aromatic heterocycles. The second kappa shape index (κ2) is 7.76. The summed E-state index contributed by atoms with van der Waals surface area (Å²) in [6.07, 6.45) is 0.645. The Kier molecular flexibility index (Phi) is 4.79. The lowest BCUT2D eigenvalue weighted by atomic mass is 10.0. The molecule has 0 saturated carbocycles. The Morgan fingerprint density at radius 3 is 2.45 bits per heavy atom. The van der Waals surface area contributed by atoms with Crippen molar-refractivity contribution in [1.29, 1.82) is 0 Å². The van der Waals surface area contributed by atoms with Crippen LogP contribution in [-0.4, -0.2) is 24.5 Å². The van der Waals surface area contributed by atoms with Gasteiger partial charge in [-0.05, 0) is 35.9 Å². The van der Waals surface area contributed by atoms with E-state index in [4.69, 9.17) is 9.15 Å². The number of hydrogen-bond acceptors (Lipinski definition) is 4. The molecule has 0 atom stereocenters. The van der Waals surface area contributed by atoms with Crippen LogP contribution in [-0.2, 0) is 6.42 Å². The van der Waals surface area contributed by atoms with Crippen LogP contribution in [0.3, 0.4) is 0 Å². The second-order valence-corrected chi connectivity index (χ2v) is 7.51. The van der Waals surface area contributed by atoms with Crippen LogP contribution in [0.15, 0.2) is 77.2 Å². The van der Waals surface area contributed by atoms with Gasteiger partial charge in [0.1, 0.15) is 5.75 Å². The van der Waals surface area contributed by atoms with Gasteiger partial charge >= 0.3 is 0 Å². The normalized spacial score (nSPS) is 12.6. The molecule has 0 aliphatic carbocycles. The van der Waals surface area contributed by atoms with Crippen LogP contribution in [0.1, 0.15) is 21.9 Å². The quantitative estimate of drug-likeness (QED) is 0.446. The summed E-state index contributed by atoms with van der Waals surface area (Å²) in [4.78, 5) is 19.8. The largest absolute Gasteiger partial charge is 0.496 e. The molecule has 1 amide bonds. The first-order valence-electron chi connectivity index (χ1n) is 10.3. The maximum atomic E-state index is 13.5. The Labute approximate surface area is 180 Å². The average molecular weight is 410 g/mol. The summed E-state index contributed by atoms with van der Waals surface area (Å²) in [7, 11) is 1.66. The smallest absolute Gasteiger partial charge is 0.258 e. The predicted octanol–water partition coefficient (Wildman–Crippen LogP) is 5.53. The third-order valence-electron chi connectivity index (χ3n) is 5.61. The fourth-order valence-corrected chi connectivity index (χ4v) is 4.13. The van der Waals surface area contributed by atoms with Crippen molar-refractivity contribution >= 4 is 11.6 Å². The van der Waals surface area contributed by atoms with Gasteiger partial charge in [0.15, 0.2) is 11.7 Å². The highest BCUT2D eigenvalue weighted by molar-refractivity contribution is 6.08. The highest BCUT2D eigenvalue weighted by Crippen LogP contribution is 2.37. The van der Waals surface area contributed by atoms with E-state index in [1.54, 1.807) is 7.11 Å². The molecule has 31 heavy (non-hydrogen) atoms. The summed E-state index contributed by atoms with van der Waals surface area (Å²) < 4.78 is 11.3. The Hall–Kier alpha value is -3.86. The molecule has 5 rings (SSSR count). The van der Waals surface area contributed by atoms with Gasteiger partial charge in [0.2, 0.25) is 0 Å². The van der Waals surface area contributed by atoms with E-state index < -0.39 is 0 Å². The number of benzene rings is 3. The van der Waals surface area contributed by atoms with Crippen LogP contribution in [0.5, 0.6) is 5.75 Å². The van der Waals surface area contributed by atoms with Crippen LogP contribution >= 0.6 is 0 Å². The average Bonchev–Trinajstić information content (AvgIpc) is 3.12. The topological polar surface area (TPSA) is 55.6 Å². The molecule has 0 N–H and O–H groups in total. The standard InChI is InChI=1S/C26H22N2O3/c1-17-27-22-15-16-28(23-9-5-3-8-21(23)25(22)31-17)26(29)19-13-11-18(12-14-19)20-7-4-6-10-24(20)30-2/h3-14H,15-16H2,1-2H3. The van der Waals surface area contributed by atoms with Crippen LogP contribution in [0.2, 0.25) is 0 Å². The minimum Gasteiger partial charge on any atom is -0.496 e. The van der Waals surface area contributed by atoms with Crippen molar-refractivity contribution in [3.05, 3.63) is 89.9 Å². The number of aromatic nitrogens is 1. The van der Waals surface area contributed by atoms with E-state index >= 15 is 0 Å². The van der Waals surface area contributed by atoms with Gasteiger partial charge in [-0.15, -0.1) is 0 Å². The van der Waals surface area contributed by atoms with Crippen LogP contribution < -0.4 is 9.64 Å². The predicted molar refractivity (Wildman–Crippen MR) is 120 cm³/mol. The number of amides is 1. The first-order valence-corrected chi connectivity index (χ1v) is 10.3. The Balaban J connectivity index is 1.49. The minimum atomic E-state index is -0.0408. The molecule has 0 spiro atoms. The number of nitrogens with zero attached hydrogens (tertiary/aromatic N) is 2. The van der Waals surface area contributed by atoms with Crippen LogP contribution in [0.4, 0.5) is 5.69 Å². The number of hydrogen-bond donors (Lipinski definition) is 0. The fraction of sp³-hybridized carbons (Fsp3) is 0.154. The summed E-state index contributed by atoms with van der Waals surface area (Å²) in [5, 5.41) is 0. The molecular weight excluding hydrogens is 388 g/mol. The fourth-order valence-electron chi connectivity index (χ4n) is 4.13. The first kappa shape index (κ1) is 19.1. The molecule has 2 heterocycles. The number of anilines is 1. The van der Waals surface area contributed by atoms with Gasteiger partial charge in [0, 0.05) is 36.6 Å². The molecule has 4 aromatic rings. The second-order valence-electron chi connectivity index (χ2n) is 7.51. The molecule has 1 aliphatic heterocycles. The van der Waals surface area contributed by atoms with Crippen molar-refractivity contribution < 1.29 is 13.9 Å². The van der Waals surface area contributed by atoms with E-state index in [2.05, 4.69) is 4.98 Å². The van der Waals surface area contributed by atoms with E-state index in [-0.39, 0.29) is 5.91 Å². The summed E-state index contributed by atoms with van der Waals surface area (Å²) in [5.41, 5.74) is 5.27. The molecule has 0 radical (unpaired) electrons. The number of ether oxygens (including phenoxy) is 1. The molecule has 154 valence electrons. The molecule has 1 aliphatic rings. The summed E-state index contributed by atoms with van der Waals surface area (Å²) in [6, 6.07) is 23.4. The number of para-hydroxylation sites is 2. The van der Waals surface area contributed by atoms with E-state index in [0.717, 1.165) is 39.6 Å². The van der Waals surface area contributed by atoms with Crippen LogP contribution in [0.25, 0.3) is 22.5 Å². The van der Waals surface area contributed by atoms with Gasteiger partial charge in [0.05, 0.1) is 18.5 Å². The van der Waals surface area contributed by atoms with Crippen molar-refractivity contribution in [2.45, 2.75) is 13.3 Å². The minimum absolute atomic E-state index is 0.0408. The van der Waals surface area contributed by atoms with Crippen molar-refractivity contribution in [2.75, 3.05) is 18.6 Å². The number of carbonyl (C=O) groups excluding carboxylic acids is 1. The van der Waals surface area contributed by atoms with Gasteiger partial charge in [0.25, 0.3) is 5.91 Å². The number of oxazole rings is 1. The zero-order chi connectivity index (χ0) is 21.4. The van der Waals surface area contributed by atoms with Gasteiger partial charge in [-0.1, -0.05) is 42.5 Å². The number of methoxy groups -OCH3 is 1. The molecule has 5 nitrogen and oxygen atoms in total. The Morgan fingerprint density at radius 2 is 1.68 bits per heavy atom. The van der Waals surface area contributed by atoms with E-state index in [0.29, 0.717) is 24.4 Å². The Bertz CT molecular complexity index is 1260. The number of carbonyl (C=O) groups is 1.